The molecule has 2 aliphatic heterocycles. The van der Waals surface area contributed by atoms with Crippen LogP contribution in [0.3, 0.4) is 0 Å². The first-order valence-corrected chi connectivity index (χ1v) is 8.10. The highest BCUT2D eigenvalue weighted by atomic mass is 35.5. The van der Waals surface area contributed by atoms with E-state index in [0.717, 1.165) is 10.1 Å². The van der Waals surface area contributed by atoms with Crippen LogP contribution in [-0.4, -0.2) is 46.1 Å². The fraction of sp³-hybridized carbons (Fsp3) is 0.200. The van der Waals surface area contributed by atoms with Gasteiger partial charge in [-0.1, -0.05) is 29.8 Å². The summed E-state index contributed by atoms with van der Waals surface area (Å²) in [5.41, 5.74) is 0. The van der Waals surface area contributed by atoms with Crippen LogP contribution in [0.15, 0.2) is 41.7 Å². The molecule has 3 heterocycles. The molecule has 1 aromatic carbocycles. The molecular formula is C15H13ClN3O2S+. The summed E-state index contributed by atoms with van der Waals surface area (Å²) < 4.78 is 0.712. The predicted octanol–water partition coefficient (Wildman–Crippen LogP) is 3.10. The Kier molecular flexibility index (Phi) is 3.09. The average Bonchev–Trinajstić information content (AvgIpc) is 3.07. The SMILES string of the molecule is O=C(c1sc2ccccc2c1Cl)N1CC[N+]2(O)C=CN=C2C1. The van der Waals surface area contributed by atoms with Crippen LogP contribution < -0.4 is 0 Å². The number of halogens is 1. The first kappa shape index (κ1) is 13.9. The van der Waals surface area contributed by atoms with Crippen molar-refractivity contribution in [2.45, 2.75) is 0 Å². The van der Waals surface area contributed by atoms with Crippen molar-refractivity contribution < 1.29 is 14.6 Å². The molecule has 112 valence electrons. The summed E-state index contributed by atoms with van der Waals surface area (Å²) in [4.78, 5) is 19.2. The molecule has 22 heavy (non-hydrogen) atoms. The maximum atomic E-state index is 12.8. The summed E-state index contributed by atoms with van der Waals surface area (Å²) in [6, 6.07) is 7.72. The quantitative estimate of drug-likeness (QED) is 0.815. The van der Waals surface area contributed by atoms with E-state index in [-0.39, 0.29) is 10.6 Å². The second kappa shape index (κ2) is 4.89. The molecule has 0 saturated carbocycles. The van der Waals surface area contributed by atoms with Gasteiger partial charge in [0, 0.05) is 10.1 Å². The third-order valence-electron chi connectivity index (χ3n) is 4.04. The highest BCUT2D eigenvalue weighted by Crippen LogP contribution is 2.36. The van der Waals surface area contributed by atoms with E-state index in [2.05, 4.69) is 4.99 Å². The van der Waals surface area contributed by atoms with Crippen LogP contribution in [0.5, 0.6) is 0 Å². The van der Waals surface area contributed by atoms with Crippen LogP contribution in [0.4, 0.5) is 0 Å². The van der Waals surface area contributed by atoms with Gasteiger partial charge in [-0.05, 0) is 6.07 Å². The number of aliphatic imine (C=N–C) groups is 1. The zero-order chi connectivity index (χ0) is 15.3. The Bertz CT molecular complexity index is 844. The summed E-state index contributed by atoms with van der Waals surface area (Å²) in [5.74, 6) is 0.462. The van der Waals surface area contributed by atoms with E-state index in [1.54, 1.807) is 17.3 Å². The van der Waals surface area contributed by atoms with E-state index in [9.17, 15) is 10.0 Å². The third kappa shape index (κ3) is 1.99. The Hall–Kier alpha value is -1.73. The van der Waals surface area contributed by atoms with Crippen molar-refractivity contribution in [2.24, 2.45) is 4.99 Å². The Morgan fingerprint density at radius 1 is 1.41 bits per heavy atom. The average molecular weight is 335 g/mol. The standard InChI is InChI=1S/C15H13ClN3O2S/c16-13-10-3-1-2-4-11(10)22-14(13)15(20)18-6-8-19(21)7-5-17-12(19)9-18/h1-5,7,21H,6,8-9H2/q+1. The zero-order valence-corrected chi connectivity index (χ0v) is 13.1. The molecule has 2 aliphatic rings. The maximum Gasteiger partial charge on any atom is 0.266 e. The number of thiophene rings is 1. The van der Waals surface area contributed by atoms with Crippen LogP contribution in [0.2, 0.25) is 5.02 Å². The lowest BCUT2D eigenvalue weighted by atomic mass is 10.2. The third-order valence-corrected chi connectivity index (χ3v) is 5.71. The van der Waals surface area contributed by atoms with E-state index in [4.69, 9.17) is 11.6 Å². The first-order valence-electron chi connectivity index (χ1n) is 6.90. The topological polar surface area (TPSA) is 52.9 Å². The molecule has 4 rings (SSSR count). The lowest BCUT2D eigenvalue weighted by molar-refractivity contribution is -0.990. The second-order valence-electron chi connectivity index (χ2n) is 5.36. The fourth-order valence-electron chi connectivity index (χ4n) is 2.77. The number of rotatable bonds is 1. The fourth-order valence-corrected chi connectivity index (χ4v) is 4.25. The molecule has 0 spiro atoms. The van der Waals surface area contributed by atoms with Crippen LogP contribution in [-0.2, 0) is 0 Å². The molecule has 5 nitrogen and oxygen atoms in total. The highest BCUT2D eigenvalue weighted by Gasteiger charge is 2.42. The van der Waals surface area contributed by atoms with Gasteiger partial charge >= 0.3 is 0 Å². The van der Waals surface area contributed by atoms with E-state index in [0.29, 0.717) is 35.4 Å². The van der Waals surface area contributed by atoms with Gasteiger partial charge in [-0.3, -0.25) is 4.79 Å². The van der Waals surface area contributed by atoms with Crippen LogP contribution in [0.25, 0.3) is 10.1 Å². The van der Waals surface area contributed by atoms with Crippen molar-refractivity contribution in [2.75, 3.05) is 19.6 Å². The minimum Gasteiger partial charge on any atom is -0.320 e. The van der Waals surface area contributed by atoms with Gasteiger partial charge in [0.1, 0.15) is 18.0 Å². The summed E-state index contributed by atoms with van der Waals surface area (Å²) in [6.45, 7) is 1.18. The van der Waals surface area contributed by atoms with Crippen molar-refractivity contribution in [3.63, 3.8) is 0 Å². The Labute approximate surface area is 135 Å². The van der Waals surface area contributed by atoms with E-state index >= 15 is 0 Å². The van der Waals surface area contributed by atoms with Crippen LogP contribution >= 0.6 is 22.9 Å². The Morgan fingerprint density at radius 2 is 2.23 bits per heavy atom. The predicted molar refractivity (Wildman–Crippen MR) is 86.2 cm³/mol. The van der Waals surface area contributed by atoms with Crippen molar-refractivity contribution in [1.29, 1.82) is 0 Å². The number of amides is 1. The van der Waals surface area contributed by atoms with E-state index in [1.807, 2.05) is 24.3 Å². The second-order valence-corrected chi connectivity index (χ2v) is 6.79. The van der Waals surface area contributed by atoms with Crippen molar-refractivity contribution in [3.05, 3.63) is 46.6 Å². The normalized spacial score (nSPS) is 23.7. The zero-order valence-electron chi connectivity index (χ0n) is 11.6. The summed E-state index contributed by atoms with van der Waals surface area (Å²) in [7, 11) is 0. The largest absolute Gasteiger partial charge is 0.320 e. The van der Waals surface area contributed by atoms with Gasteiger partial charge in [0.05, 0.1) is 17.8 Å². The molecule has 0 bridgehead atoms. The molecule has 0 aliphatic carbocycles. The minimum absolute atomic E-state index is 0.105. The summed E-state index contributed by atoms with van der Waals surface area (Å²) in [6.07, 6.45) is 3.21. The van der Waals surface area contributed by atoms with Crippen LogP contribution in [0, 0.1) is 0 Å². The number of amidine groups is 1. The van der Waals surface area contributed by atoms with E-state index < -0.39 is 0 Å². The summed E-state index contributed by atoms with van der Waals surface area (Å²) >= 11 is 7.78. The molecule has 1 saturated heterocycles. The molecule has 1 unspecified atom stereocenters. The van der Waals surface area contributed by atoms with Crippen molar-refractivity contribution in [3.8, 4) is 0 Å². The number of hydrogen-bond donors (Lipinski definition) is 1. The number of carbonyl (C=O) groups is 1. The smallest absolute Gasteiger partial charge is 0.266 e. The Balaban J connectivity index is 1.66. The molecule has 1 amide bonds. The molecule has 0 radical (unpaired) electrons. The number of fused-ring (bicyclic) bond motifs is 2. The number of nitrogens with zero attached hydrogens (tertiary/aromatic N) is 3. The lowest BCUT2D eigenvalue weighted by Gasteiger charge is -2.34. The van der Waals surface area contributed by atoms with Crippen molar-refractivity contribution in [1.82, 2.24) is 4.90 Å². The van der Waals surface area contributed by atoms with Gasteiger partial charge in [-0.25, -0.2) is 5.21 Å². The molecule has 7 heteroatoms. The number of hydroxylamine groups is 3. The lowest BCUT2D eigenvalue weighted by Crippen LogP contribution is -2.58. The van der Waals surface area contributed by atoms with E-state index in [1.165, 1.54) is 11.3 Å². The van der Waals surface area contributed by atoms with Crippen LogP contribution in [0.1, 0.15) is 9.67 Å². The molecule has 1 N–H and O–H groups in total. The van der Waals surface area contributed by atoms with Gasteiger partial charge in [0.25, 0.3) is 11.7 Å². The monoisotopic (exact) mass is 334 g/mol. The molecule has 2 aromatic rings. The number of quaternary nitrogens is 1. The van der Waals surface area contributed by atoms with Gasteiger partial charge in [-0.2, -0.15) is 4.99 Å². The number of benzene rings is 1. The van der Waals surface area contributed by atoms with Crippen molar-refractivity contribution >= 4 is 44.8 Å². The van der Waals surface area contributed by atoms with Gasteiger partial charge in [0.2, 0.25) is 0 Å². The summed E-state index contributed by atoms with van der Waals surface area (Å²) in [5, 5.41) is 11.7. The maximum absolute atomic E-state index is 12.8. The molecular weight excluding hydrogens is 322 g/mol. The van der Waals surface area contributed by atoms with Gasteiger partial charge < -0.3 is 4.90 Å². The first-order chi connectivity index (χ1) is 10.6. The Morgan fingerprint density at radius 3 is 3.05 bits per heavy atom. The molecule has 1 aromatic heterocycles. The number of hydrogen-bond acceptors (Lipinski definition) is 4. The van der Waals surface area contributed by atoms with Gasteiger partial charge in [-0.15, -0.1) is 16.0 Å². The molecule has 1 fully saturated rings. The molecule has 1 atom stereocenters. The minimum atomic E-state index is -0.288. The highest BCUT2D eigenvalue weighted by molar-refractivity contribution is 7.21. The number of carbonyl (C=O) groups excluding carboxylic acids is 1. The van der Waals surface area contributed by atoms with Gasteiger partial charge in [0.15, 0.2) is 6.20 Å². The number of piperazine rings is 1.